The number of carbonyl (C=O) groups excluding carboxylic acids is 2. The van der Waals surface area contributed by atoms with Crippen molar-refractivity contribution in [1.82, 2.24) is 16.0 Å². The molecule has 1 heterocycles. The fourth-order valence-corrected chi connectivity index (χ4v) is 1.53. The van der Waals surface area contributed by atoms with Gasteiger partial charge >= 0.3 is 0 Å². The molecular formula is C10H19N3O2. The molecule has 3 N–H and O–H groups in total. The summed E-state index contributed by atoms with van der Waals surface area (Å²) in [6.45, 7) is 3.62. The van der Waals surface area contributed by atoms with Crippen LogP contribution < -0.4 is 16.0 Å². The molecule has 5 heteroatoms. The minimum absolute atomic E-state index is 0.0702. The van der Waals surface area contributed by atoms with Crippen LogP contribution in [0.15, 0.2) is 0 Å². The number of hydrogen-bond acceptors (Lipinski definition) is 3. The van der Waals surface area contributed by atoms with Gasteiger partial charge in [-0.1, -0.05) is 6.92 Å². The lowest BCUT2D eigenvalue weighted by atomic mass is 10.2. The minimum atomic E-state index is -0.122. The fourth-order valence-electron chi connectivity index (χ4n) is 1.53. The monoisotopic (exact) mass is 213 g/mol. The third-order valence-electron chi connectivity index (χ3n) is 2.37. The molecule has 0 aliphatic carbocycles. The molecule has 2 amide bonds. The quantitative estimate of drug-likeness (QED) is 0.570. The Morgan fingerprint density at radius 3 is 2.80 bits per heavy atom. The van der Waals surface area contributed by atoms with Crippen molar-refractivity contribution in [1.29, 1.82) is 0 Å². The molecule has 0 radical (unpaired) electrons. The number of rotatable bonds is 5. The van der Waals surface area contributed by atoms with Crippen molar-refractivity contribution in [2.75, 3.05) is 19.6 Å². The topological polar surface area (TPSA) is 70.2 Å². The summed E-state index contributed by atoms with van der Waals surface area (Å²) in [7, 11) is 0. The van der Waals surface area contributed by atoms with E-state index in [2.05, 4.69) is 16.0 Å². The highest BCUT2D eigenvalue weighted by Crippen LogP contribution is 2.03. The van der Waals surface area contributed by atoms with Gasteiger partial charge in [0.05, 0.1) is 12.6 Å². The molecule has 1 saturated heterocycles. The molecule has 1 aliphatic heterocycles. The van der Waals surface area contributed by atoms with Gasteiger partial charge in [0, 0.05) is 6.54 Å². The summed E-state index contributed by atoms with van der Waals surface area (Å²) in [5, 5.41) is 8.40. The van der Waals surface area contributed by atoms with Gasteiger partial charge in [0.2, 0.25) is 11.8 Å². The van der Waals surface area contributed by atoms with Crippen LogP contribution in [-0.2, 0) is 9.59 Å². The Morgan fingerprint density at radius 1 is 1.40 bits per heavy atom. The average molecular weight is 213 g/mol. The zero-order chi connectivity index (χ0) is 11.1. The molecule has 1 aliphatic rings. The summed E-state index contributed by atoms with van der Waals surface area (Å²) in [5.41, 5.74) is 0. The van der Waals surface area contributed by atoms with Crippen LogP contribution in [0.1, 0.15) is 26.2 Å². The Balaban J connectivity index is 2.12. The average Bonchev–Trinajstić information content (AvgIpc) is 2.76. The molecule has 0 aromatic rings. The lowest BCUT2D eigenvalue weighted by molar-refractivity contribution is -0.127. The Morgan fingerprint density at radius 2 is 2.20 bits per heavy atom. The first-order valence-corrected chi connectivity index (χ1v) is 5.52. The molecule has 1 atom stereocenters. The van der Waals surface area contributed by atoms with Crippen molar-refractivity contribution in [3.8, 4) is 0 Å². The van der Waals surface area contributed by atoms with Gasteiger partial charge < -0.3 is 16.0 Å². The second-order valence-electron chi connectivity index (χ2n) is 3.72. The molecule has 0 saturated carbocycles. The molecule has 86 valence electrons. The van der Waals surface area contributed by atoms with E-state index in [0.29, 0.717) is 6.54 Å². The van der Waals surface area contributed by atoms with Crippen molar-refractivity contribution >= 4 is 11.8 Å². The molecule has 0 unspecified atom stereocenters. The van der Waals surface area contributed by atoms with Crippen LogP contribution in [-0.4, -0.2) is 37.5 Å². The van der Waals surface area contributed by atoms with Crippen LogP contribution in [0.5, 0.6) is 0 Å². The van der Waals surface area contributed by atoms with Crippen LogP contribution >= 0.6 is 0 Å². The Kier molecular flexibility index (Phi) is 5.10. The molecule has 0 spiro atoms. The normalized spacial score (nSPS) is 19.9. The van der Waals surface area contributed by atoms with E-state index in [-0.39, 0.29) is 24.4 Å². The Labute approximate surface area is 90.0 Å². The second kappa shape index (κ2) is 6.40. The molecule has 5 nitrogen and oxygen atoms in total. The van der Waals surface area contributed by atoms with Crippen molar-refractivity contribution in [3.05, 3.63) is 0 Å². The van der Waals surface area contributed by atoms with E-state index >= 15 is 0 Å². The van der Waals surface area contributed by atoms with Gasteiger partial charge in [-0.2, -0.15) is 0 Å². The summed E-state index contributed by atoms with van der Waals surface area (Å²) in [6.07, 6.45) is 2.80. The SMILES string of the molecule is CCCNC(=O)CNC(=O)[C@@H]1CCCN1. The first-order chi connectivity index (χ1) is 7.24. The van der Waals surface area contributed by atoms with Gasteiger partial charge in [0.25, 0.3) is 0 Å². The van der Waals surface area contributed by atoms with E-state index in [1.165, 1.54) is 0 Å². The third kappa shape index (κ3) is 4.29. The molecule has 0 aromatic carbocycles. The third-order valence-corrected chi connectivity index (χ3v) is 2.37. The lowest BCUT2D eigenvalue weighted by Gasteiger charge is -2.10. The lowest BCUT2D eigenvalue weighted by Crippen LogP contribution is -2.44. The highest BCUT2D eigenvalue weighted by Gasteiger charge is 2.21. The summed E-state index contributed by atoms with van der Waals surface area (Å²) in [6, 6.07) is -0.107. The molecule has 0 bridgehead atoms. The van der Waals surface area contributed by atoms with Gasteiger partial charge in [-0.05, 0) is 25.8 Å². The van der Waals surface area contributed by atoms with Crippen LogP contribution in [0.4, 0.5) is 0 Å². The molecule has 15 heavy (non-hydrogen) atoms. The summed E-state index contributed by atoms with van der Waals surface area (Å²) < 4.78 is 0. The fraction of sp³-hybridized carbons (Fsp3) is 0.800. The van der Waals surface area contributed by atoms with Crippen molar-refractivity contribution in [3.63, 3.8) is 0 Å². The zero-order valence-electron chi connectivity index (χ0n) is 9.14. The first-order valence-electron chi connectivity index (χ1n) is 5.52. The first kappa shape index (κ1) is 12.0. The highest BCUT2D eigenvalue weighted by atomic mass is 16.2. The van der Waals surface area contributed by atoms with E-state index < -0.39 is 0 Å². The van der Waals surface area contributed by atoms with Crippen LogP contribution in [0.2, 0.25) is 0 Å². The van der Waals surface area contributed by atoms with Crippen molar-refractivity contribution in [2.45, 2.75) is 32.2 Å². The van der Waals surface area contributed by atoms with Gasteiger partial charge in [0.15, 0.2) is 0 Å². The summed E-state index contributed by atoms with van der Waals surface area (Å²) in [4.78, 5) is 22.6. The Hall–Kier alpha value is -1.10. The molecular weight excluding hydrogens is 194 g/mol. The maximum absolute atomic E-state index is 11.5. The number of hydrogen-bond donors (Lipinski definition) is 3. The molecule has 1 rings (SSSR count). The summed E-state index contributed by atoms with van der Waals surface area (Å²) in [5.74, 6) is -0.192. The number of nitrogens with one attached hydrogen (secondary N) is 3. The standard InChI is InChI=1S/C10H19N3O2/c1-2-5-12-9(14)7-13-10(15)8-4-3-6-11-8/h8,11H,2-7H2,1H3,(H,12,14)(H,13,15)/t8-/m0/s1. The van der Waals surface area contributed by atoms with Gasteiger partial charge in [-0.3, -0.25) is 9.59 Å². The van der Waals surface area contributed by atoms with Crippen LogP contribution in [0.3, 0.4) is 0 Å². The summed E-state index contributed by atoms with van der Waals surface area (Å²) >= 11 is 0. The number of carbonyl (C=O) groups is 2. The predicted molar refractivity (Wildman–Crippen MR) is 57.3 cm³/mol. The van der Waals surface area contributed by atoms with E-state index in [1.807, 2.05) is 6.92 Å². The van der Waals surface area contributed by atoms with E-state index in [9.17, 15) is 9.59 Å². The number of amides is 2. The Bertz CT molecular complexity index is 225. The largest absolute Gasteiger partial charge is 0.355 e. The maximum atomic E-state index is 11.5. The van der Waals surface area contributed by atoms with E-state index in [0.717, 1.165) is 25.8 Å². The van der Waals surface area contributed by atoms with Gasteiger partial charge in [-0.25, -0.2) is 0 Å². The van der Waals surface area contributed by atoms with E-state index in [1.54, 1.807) is 0 Å². The van der Waals surface area contributed by atoms with Crippen LogP contribution in [0, 0.1) is 0 Å². The molecule has 1 fully saturated rings. The van der Waals surface area contributed by atoms with Crippen molar-refractivity contribution < 1.29 is 9.59 Å². The molecule has 0 aromatic heterocycles. The van der Waals surface area contributed by atoms with Crippen molar-refractivity contribution in [2.24, 2.45) is 0 Å². The van der Waals surface area contributed by atoms with E-state index in [4.69, 9.17) is 0 Å². The zero-order valence-corrected chi connectivity index (χ0v) is 9.14. The maximum Gasteiger partial charge on any atom is 0.239 e. The van der Waals surface area contributed by atoms with Gasteiger partial charge in [-0.15, -0.1) is 0 Å². The minimum Gasteiger partial charge on any atom is -0.355 e. The second-order valence-corrected chi connectivity index (χ2v) is 3.72. The van der Waals surface area contributed by atoms with Crippen LogP contribution in [0.25, 0.3) is 0 Å². The predicted octanol–water partition coefficient (Wildman–Crippen LogP) is -0.619. The smallest absolute Gasteiger partial charge is 0.239 e. The highest BCUT2D eigenvalue weighted by molar-refractivity contribution is 5.87. The van der Waals surface area contributed by atoms with Gasteiger partial charge in [0.1, 0.15) is 0 Å².